The normalized spacial score (nSPS) is 25.5. The molecule has 35 heavy (non-hydrogen) atoms. The number of carbonyl (C=O) groups excluding carboxylic acids is 2. The molecule has 2 atom stereocenters. The Balaban J connectivity index is 1.10. The van der Waals surface area contributed by atoms with E-state index in [0.29, 0.717) is 12.8 Å². The van der Waals surface area contributed by atoms with Crippen LogP contribution in [0.5, 0.6) is 0 Å². The highest BCUT2D eigenvalue weighted by Crippen LogP contribution is 2.55. The number of alkyl carbamates (subject to hydrolysis) is 1. The molecule has 3 N–H and O–H groups in total. The molecular formula is C26H26F2N2O5. The van der Waals surface area contributed by atoms with Gasteiger partial charge in [-0.05, 0) is 41.0 Å². The maximum absolute atomic E-state index is 14.2. The third-order valence-corrected chi connectivity index (χ3v) is 7.34. The van der Waals surface area contributed by atoms with Crippen molar-refractivity contribution in [3.8, 4) is 11.1 Å². The summed E-state index contributed by atoms with van der Waals surface area (Å²) in [5.74, 6) is -7.84. The predicted octanol–water partition coefficient (Wildman–Crippen LogP) is 3.78. The molecule has 9 heteroatoms. The first kappa shape index (κ1) is 23.3. The lowest BCUT2D eigenvalue weighted by Crippen LogP contribution is -2.46. The Bertz CT molecular complexity index is 1120. The predicted molar refractivity (Wildman–Crippen MR) is 122 cm³/mol. The third kappa shape index (κ3) is 4.47. The lowest BCUT2D eigenvalue weighted by molar-refractivity contribution is -0.139. The smallest absolute Gasteiger partial charge is 0.407 e. The van der Waals surface area contributed by atoms with Crippen LogP contribution < -0.4 is 10.6 Å². The van der Waals surface area contributed by atoms with E-state index < -0.39 is 35.7 Å². The summed E-state index contributed by atoms with van der Waals surface area (Å²) in [6.45, 7) is -0.294. The quantitative estimate of drug-likeness (QED) is 0.529. The summed E-state index contributed by atoms with van der Waals surface area (Å²) in [5.41, 5.74) is 4.27. The van der Waals surface area contributed by atoms with E-state index in [-0.39, 0.29) is 37.5 Å². The molecule has 2 amide bonds. The fraction of sp³-hybridized carbons (Fsp3) is 0.423. The van der Waals surface area contributed by atoms with Gasteiger partial charge in [-0.1, -0.05) is 48.5 Å². The van der Waals surface area contributed by atoms with Crippen molar-refractivity contribution in [3.05, 3.63) is 59.7 Å². The highest BCUT2D eigenvalue weighted by Gasteiger charge is 2.71. The van der Waals surface area contributed by atoms with Crippen molar-refractivity contribution in [1.29, 1.82) is 0 Å². The Morgan fingerprint density at radius 2 is 1.60 bits per heavy atom. The summed E-state index contributed by atoms with van der Waals surface area (Å²) in [7, 11) is 0. The van der Waals surface area contributed by atoms with Gasteiger partial charge in [0.15, 0.2) is 0 Å². The Morgan fingerprint density at radius 3 is 2.20 bits per heavy atom. The van der Waals surface area contributed by atoms with E-state index in [4.69, 9.17) is 9.84 Å². The molecule has 2 aromatic rings. The van der Waals surface area contributed by atoms with Gasteiger partial charge in [0.2, 0.25) is 5.91 Å². The minimum Gasteiger partial charge on any atom is -0.481 e. The molecule has 0 saturated heterocycles. The van der Waals surface area contributed by atoms with Gasteiger partial charge in [0.05, 0.1) is 5.92 Å². The number of ether oxygens (including phenoxy) is 1. The molecule has 2 aromatic carbocycles. The van der Waals surface area contributed by atoms with Crippen LogP contribution in [0, 0.1) is 17.8 Å². The zero-order valence-electron chi connectivity index (χ0n) is 18.9. The van der Waals surface area contributed by atoms with Crippen LogP contribution in [0.1, 0.15) is 36.3 Å². The maximum Gasteiger partial charge on any atom is 0.407 e. The van der Waals surface area contributed by atoms with Gasteiger partial charge in [-0.3, -0.25) is 9.59 Å². The highest BCUT2D eigenvalue weighted by atomic mass is 19.3. The van der Waals surface area contributed by atoms with E-state index in [2.05, 4.69) is 10.6 Å². The van der Waals surface area contributed by atoms with Gasteiger partial charge in [0.1, 0.15) is 12.5 Å². The summed E-state index contributed by atoms with van der Waals surface area (Å²) in [6.07, 6.45) is 0.153. The lowest BCUT2D eigenvalue weighted by atomic mass is 9.78. The molecule has 0 radical (unpaired) electrons. The van der Waals surface area contributed by atoms with E-state index >= 15 is 0 Å². The van der Waals surface area contributed by atoms with Crippen molar-refractivity contribution in [3.63, 3.8) is 0 Å². The van der Waals surface area contributed by atoms with Crippen molar-refractivity contribution >= 4 is 18.0 Å². The van der Waals surface area contributed by atoms with Crippen LogP contribution in [-0.2, 0) is 14.3 Å². The third-order valence-electron chi connectivity index (χ3n) is 7.34. The van der Waals surface area contributed by atoms with Crippen molar-refractivity contribution < 1.29 is 33.0 Å². The fourth-order valence-electron chi connectivity index (χ4n) is 5.40. The summed E-state index contributed by atoms with van der Waals surface area (Å²) < 4.78 is 33.8. The molecule has 2 fully saturated rings. The van der Waals surface area contributed by atoms with Crippen molar-refractivity contribution in [1.82, 2.24) is 10.6 Å². The fourth-order valence-corrected chi connectivity index (χ4v) is 5.40. The van der Waals surface area contributed by atoms with Crippen LogP contribution in [0.2, 0.25) is 0 Å². The minimum absolute atomic E-state index is 0.0125. The molecule has 0 heterocycles. The standard InChI is InChI=1S/C26H26F2N2O5/c27-26(28)21(23(26)24(33)30-15-9-14(10-15)11-22(31)32)12-29-25(34)35-13-20-18-7-3-1-5-16(18)17-6-2-4-8-19(17)20/h1-8,14-15,20-21,23H,9-13H2,(H,29,34)(H,30,33)(H,31,32)/t14?,15?,21-,23-/m0/s1. The van der Waals surface area contributed by atoms with E-state index in [9.17, 15) is 23.2 Å². The van der Waals surface area contributed by atoms with Gasteiger partial charge < -0.3 is 20.5 Å². The van der Waals surface area contributed by atoms with Crippen molar-refractivity contribution in [2.75, 3.05) is 13.2 Å². The second-order valence-corrected chi connectivity index (χ2v) is 9.61. The van der Waals surface area contributed by atoms with Crippen LogP contribution in [0.25, 0.3) is 11.1 Å². The molecule has 0 aromatic heterocycles. The minimum atomic E-state index is -3.20. The molecule has 3 aliphatic carbocycles. The van der Waals surface area contributed by atoms with Gasteiger partial charge in [0.25, 0.3) is 5.92 Å². The first-order valence-corrected chi connectivity index (χ1v) is 11.7. The number of nitrogens with one attached hydrogen (secondary N) is 2. The molecule has 0 bridgehead atoms. The maximum atomic E-state index is 14.2. The highest BCUT2D eigenvalue weighted by molar-refractivity contribution is 5.84. The Kier molecular flexibility index (Phi) is 5.94. The summed E-state index contributed by atoms with van der Waals surface area (Å²) in [4.78, 5) is 35.3. The number of alkyl halides is 2. The van der Waals surface area contributed by atoms with Gasteiger partial charge in [-0.15, -0.1) is 0 Å². The number of hydrogen-bond acceptors (Lipinski definition) is 4. The van der Waals surface area contributed by atoms with Crippen LogP contribution in [-0.4, -0.2) is 48.2 Å². The number of hydrogen-bond donors (Lipinski definition) is 3. The molecule has 0 aliphatic heterocycles. The van der Waals surface area contributed by atoms with Crippen LogP contribution >= 0.6 is 0 Å². The molecule has 5 rings (SSSR count). The molecule has 7 nitrogen and oxygen atoms in total. The van der Waals surface area contributed by atoms with Gasteiger partial charge in [0, 0.05) is 24.9 Å². The van der Waals surface area contributed by atoms with Crippen LogP contribution in [0.15, 0.2) is 48.5 Å². The molecule has 0 spiro atoms. The van der Waals surface area contributed by atoms with E-state index in [1.807, 2.05) is 48.5 Å². The zero-order valence-corrected chi connectivity index (χ0v) is 18.9. The first-order valence-electron chi connectivity index (χ1n) is 11.7. The summed E-state index contributed by atoms with van der Waals surface area (Å²) in [5, 5.41) is 13.7. The largest absolute Gasteiger partial charge is 0.481 e. The number of rotatable bonds is 8. The topological polar surface area (TPSA) is 105 Å². The van der Waals surface area contributed by atoms with Gasteiger partial charge >= 0.3 is 12.1 Å². The SMILES string of the molecule is O=C(O)CC1CC(NC(=O)[C@@H]2[C@H](CNC(=O)OCC3c4ccccc4-c4ccccc43)C2(F)F)C1. The Hall–Kier alpha value is -3.49. The molecule has 3 aliphatic rings. The monoisotopic (exact) mass is 484 g/mol. The molecule has 184 valence electrons. The average molecular weight is 484 g/mol. The molecule has 0 unspecified atom stereocenters. The van der Waals surface area contributed by atoms with Gasteiger partial charge in [-0.25, -0.2) is 13.6 Å². The first-order chi connectivity index (χ1) is 16.8. The van der Waals surface area contributed by atoms with E-state index in [0.717, 1.165) is 22.3 Å². The lowest BCUT2D eigenvalue weighted by Gasteiger charge is -2.35. The second-order valence-electron chi connectivity index (χ2n) is 9.61. The van der Waals surface area contributed by atoms with Crippen molar-refractivity contribution in [2.45, 2.75) is 37.1 Å². The van der Waals surface area contributed by atoms with E-state index in [1.165, 1.54) is 0 Å². The zero-order chi connectivity index (χ0) is 24.7. The Labute approximate surface area is 200 Å². The number of carbonyl (C=O) groups is 3. The van der Waals surface area contributed by atoms with E-state index in [1.54, 1.807) is 0 Å². The molecule has 2 saturated carbocycles. The average Bonchev–Trinajstić information content (AvgIpc) is 3.21. The second kappa shape index (κ2) is 8.94. The number of amides is 2. The number of benzene rings is 2. The summed E-state index contributed by atoms with van der Waals surface area (Å²) >= 11 is 0. The number of halogens is 2. The number of carboxylic acids is 1. The Morgan fingerprint density at radius 1 is 1.00 bits per heavy atom. The van der Waals surface area contributed by atoms with Gasteiger partial charge in [-0.2, -0.15) is 0 Å². The van der Waals surface area contributed by atoms with Crippen LogP contribution in [0.4, 0.5) is 13.6 Å². The van der Waals surface area contributed by atoms with Crippen LogP contribution in [0.3, 0.4) is 0 Å². The number of carboxylic acid groups (broad SMARTS) is 1. The van der Waals surface area contributed by atoms with Crippen molar-refractivity contribution in [2.24, 2.45) is 17.8 Å². The molecular weight excluding hydrogens is 458 g/mol. The number of aliphatic carboxylic acids is 1. The summed E-state index contributed by atoms with van der Waals surface area (Å²) in [6, 6.07) is 15.5. The number of fused-ring (bicyclic) bond motifs is 3.